The Balaban J connectivity index is 2.09. The number of nitrogens with two attached hydrogens (primary N) is 1. The number of ether oxygens (including phenoxy) is 2. The standard InChI is InChI=1S/C15H18N2O2S/c1-18-11-6-7-14(19-2)12(9-11)13(16)10-20-15-5-3-4-8-17-15/h3-9,13H,10,16H2,1-2H3. The molecule has 0 saturated carbocycles. The van der Waals surface area contributed by atoms with E-state index in [0.29, 0.717) is 0 Å². The molecule has 1 heterocycles. The van der Waals surface area contributed by atoms with Gasteiger partial charge >= 0.3 is 0 Å². The number of nitrogens with zero attached hydrogens (tertiary/aromatic N) is 1. The van der Waals surface area contributed by atoms with Crippen LogP contribution >= 0.6 is 11.8 Å². The summed E-state index contributed by atoms with van der Waals surface area (Å²) in [5.41, 5.74) is 7.20. The van der Waals surface area contributed by atoms with Gasteiger partial charge in [0.05, 0.1) is 19.2 Å². The zero-order valence-corrected chi connectivity index (χ0v) is 12.4. The maximum atomic E-state index is 6.26. The van der Waals surface area contributed by atoms with Gasteiger partial charge in [0.1, 0.15) is 11.5 Å². The lowest BCUT2D eigenvalue weighted by molar-refractivity contribution is 0.396. The van der Waals surface area contributed by atoms with Crippen molar-refractivity contribution >= 4 is 11.8 Å². The number of pyridine rings is 1. The van der Waals surface area contributed by atoms with Crippen LogP contribution in [0.4, 0.5) is 0 Å². The van der Waals surface area contributed by atoms with Crippen molar-refractivity contribution in [3.05, 3.63) is 48.2 Å². The quantitative estimate of drug-likeness (QED) is 0.829. The van der Waals surface area contributed by atoms with Crippen LogP contribution in [-0.2, 0) is 0 Å². The van der Waals surface area contributed by atoms with Gasteiger partial charge in [-0.2, -0.15) is 0 Å². The predicted molar refractivity (Wildman–Crippen MR) is 81.4 cm³/mol. The first-order chi connectivity index (χ1) is 9.74. The van der Waals surface area contributed by atoms with E-state index >= 15 is 0 Å². The van der Waals surface area contributed by atoms with E-state index in [1.807, 2.05) is 36.4 Å². The summed E-state index contributed by atoms with van der Waals surface area (Å²) in [6.45, 7) is 0. The summed E-state index contributed by atoms with van der Waals surface area (Å²) in [6, 6.07) is 11.3. The van der Waals surface area contributed by atoms with Gasteiger partial charge in [-0.05, 0) is 30.3 Å². The third-order valence-electron chi connectivity index (χ3n) is 2.88. The van der Waals surface area contributed by atoms with Gasteiger partial charge in [-0.25, -0.2) is 4.98 Å². The van der Waals surface area contributed by atoms with Gasteiger partial charge in [-0.15, -0.1) is 11.8 Å². The van der Waals surface area contributed by atoms with Crippen molar-refractivity contribution in [3.63, 3.8) is 0 Å². The summed E-state index contributed by atoms with van der Waals surface area (Å²) in [5, 5.41) is 0.963. The van der Waals surface area contributed by atoms with Crippen LogP contribution in [0.5, 0.6) is 11.5 Å². The predicted octanol–water partition coefficient (Wildman–Crippen LogP) is 2.89. The van der Waals surface area contributed by atoms with Crippen LogP contribution in [0.1, 0.15) is 11.6 Å². The van der Waals surface area contributed by atoms with Crippen molar-refractivity contribution in [3.8, 4) is 11.5 Å². The topological polar surface area (TPSA) is 57.4 Å². The number of benzene rings is 1. The van der Waals surface area contributed by atoms with Crippen LogP contribution in [0, 0.1) is 0 Å². The molecule has 1 unspecified atom stereocenters. The molecule has 20 heavy (non-hydrogen) atoms. The maximum Gasteiger partial charge on any atom is 0.123 e. The zero-order chi connectivity index (χ0) is 14.4. The second-order valence-corrected chi connectivity index (χ2v) is 5.23. The van der Waals surface area contributed by atoms with E-state index in [2.05, 4.69) is 4.98 Å². The monoisotopic (exact) mass is 290 g/mol. The third-order valence-corrected chi connectivity index (χ3v) is 3.95. The summed E-state index contributed by atoms with van der Waals surface area (Å²) in [7, 11) is 3.28. The van der Waals surface area contributed by atoms with Crippen LogP contribution in [0.3, 0.4) is 0 Å². The molecule has 0 aliphatic heterocycles. The van der Waals surface area contributed by atoms with Crippen molar-refractivity contribution in [1.29, 1.82) is 0 Å². The summed E-state index contributed by atoms with van der Waals surface area (Å²) >= 11 is 1.62. The van der Waals surface area contributed by atoms with Crippen molar-refractivity contribution in [1.82, 2.24) is 4.98 Å². The fraction of sp³-hybridized carbons (Fsp3) is 0.267. The van der Waals surface area contributed by atoms with Gasteiger partial charge in [0.25, 0.3) is 0 Å². The highest BCUT2D eigenvalue weighted by Crippen LogP contribution is 2.31. The molecule has 0 radical (unpaired) electrons. The van der Waals surface area contributed by atoms with Crippen LogP contribution in [0.15, 0.2) is 47.6 Å². The lowest BCUT2D eigenvalue weighted by Gasteiger charge is -2.16. The van der Waals surface area contributed by atoms with Crippen molar-refractivity contribution < 1.29 is 9.47 Å². The fourth-order valence-corrected chi connectivity index (χ4v) is 2.67. The van der Waals surface area contributed by atoms with E-state index in [9.17, 15) is 0 Å². The molecule has 1 aromatic carbocycles. The molecular formula is C15H18N2O2S. The molecule has 0 spiro atoms. The Bertz CT molecular complexity index is 549. The smallest absolute Gasteiger partial charge is 0.123 e. The fourth-order valence-electron chi connectivity index (χ4n) is 1.83. The molecule has 0 aliphatic carbocycles. The van der Waals surface area contributed by atoms with Gasteiger partial charge in [0.15, 0.2) is 0 Å². The molecular weight excluding hydrogens is 272 g/mol. The minimum atomic E-state index is -0.146. The number of hydrogen-bond acceptors (Lipinski definition) is 5. The Hall–Kier alpha value is -1.72. The minimum Gasteiger partial charge on any atom is -0.497 e. The Morgan fingerprint density at radius 1 is 1.20 bits per heavy atom. The molecule has 2 rings (SSSR count). The first-order valence-corrected chi connectivity index (χ1v) is 7.24. The third kappa shape index (κ3) is 3.65. The van der Waals surface area contributed by atoms with Crippen molar-refractivity contribution in [2.24, 2.45) is 5.73 Å². The Labute approximate surface area is 123 Å². The summed E-state index contributed by atoms with van der Waals surface area (Å²) in [5.74, 6) is 2.28. The van der Waals surface area contributed by atoms with Crippen LogP contribution in [0.2, 0.25) is 0 Å². The van der Waals surface area contributed by atoms with Gasteiger partial charge in [0.2, 0.25) is 0 Å². The lowest BCUT2D eigenvalue weighted by atomic mass is 10.1. The van der Waals surface area contributed by atoms with Crippen molar-refractivity contribution in [2.45, 2.75) is 11.1 Å². The molecule has 2 N–H and O–H groups in total. The second-order valence-electron chi connectivity index (χ2n) is 4.19. The van der Waals surface area contributed by atoms with Gasteiger partial charge in [0, 0.05) is 23.6 Å². The first kappa shape index (κ1) is 14.7. The molecule has 0 fully saturated rings. The average molecular weight is 290 g/mol. The Kier molecular flexibility index (Phi) is 5.26. The minimum absolute atomic E-state index is 0.146. The van der Waals surface area contributed by atoms with Gasteiger partial charge in [-0.1, -0.05) is 6.07 Å². The number of thioether (sulfide) groups is 1. The highest BCUT2D eigenvalue weighted by Gasteiger charge is 2.14. The molecule has 4 nitrogen and oxygen atoms in total. The Morgan fingerprint density at radius 2 is 2.05 bits per heavy atom. The molecule has 0 saturated heterocycles. The molecule has 5 heteroatoms. The number of methoxy groups -OCH3 is 2. The summed E-state index contributed by atoms with van der Waals surface area (Å²) in [6.07, 6.45) is 1.78. The van der Waals surface area contributed by atoms with E-state index in [1.54, 1.807) is 32.2 Å². The molecule has 0 bridgehead atoms. The van der Waals surface area contributed by atoms with E-state index in [1.165, 1.54) is 0 Å². The highest BCUT2D eigenvalue weighted by atomic mass is 32.2. The largest absolute Gasteiger partial charge is 0.497 e. The van der Waals surface area contributed by atoms with Crippen LogP contribution in [0.25, 0.3) is 0 Å². The second kappa shape index (κ2) is 7.17. The zero-order valence-electron chi connectivity index (χ0n) is 11.6. The van der Waals surface area contributed by atoms with E-state index in [0.717, 1.165) is 27.8 Å². The molecule has 2 aromatic rings. The lowest BCUT2D eigenvalue weighted by Crippen LogP contribution is -2.14. The SMILES string of the molecule is COc1ccc(OC)c(C(N)CSc2ccccn2)c1. The molecule has 1 aromatic heterocycles. The van der Waals surface area contributed by atoms with E-state index in [4.69, 9.17) is 15.2 Å². The molecule has 1 atom stereocenters. The number of rotatable bonds is 6. The van der Waals surface area contributed by atoms with Crippen molar-refractivity contribution in [2.75, 3.05) is 20.0 Å². The number of aromatic nitrogens is 1. The van der Waals surface area contributed by atoms with Gasteiger partial charge < -0.3 is 15.2 Å². The highest BCUT2D eigenvalue weighted by molar-refractivity contribution is 7.99. The Morgan fingerprint density at radius 3 is 2.70 bits per heavy atom. The van der Waals surface area contributed by atoms with E-state index in [-0.39, 0.29) is 6.04 Å². The molecule has 0 aliphatic rings. The average Bonchev–Trinajstić information content (AvgIpc) is 2.52. The van der Waals surface area contributed by atoms with E-state index < -0.39 is 0 Å². The summed E-state index contributed by atoms with van der Waals surface area (Å²) < 4.78 is 10.6. The maximum absolute atomic E-state index is 6.26. The summed E-state index contributed by atoms with van der Waals surface area (Å²) in [4.78, 5) is 4.27. The van der Waals surface area contributed by atoms with Crippen LogP contribution < -0.4 is 15.2 Å². The normalized spacial score (nSPS) is 11.9. The molecule has 106 valence electrons. The van der Waals surface area contributed by atoms with Gasteiger partial charge in [-0.3, -0.25) is 0 Å². The molecule has 0 amide bonds. The first-order valence-electron chi connectivity index (χ1n) is 6.26. The number of hydrogen-bond donors (Lipinski definition) is 1. The van der Waals surface area contributed by atoms with Crippen LogP contribution in [-0.4, -0.2) is 25.0 Å².